The predicted molar refractivity (Wildman–Crippen MR) is 80.4 cm³/mol. The molecule has 0 aliphatic rings. The van der Waals surface area contributed by atoms with Gasteiger partial charge in [-0.15, -0.1) is 0 Å². The normalized spacial score (nSPS) is 12.7. The van der Waals surface area contributed by atoms with E-state index in [-0.39, 0.29) is 6.04 Å². The molecule has 1 N–H and O–H groups in total. The maximum atomic E-state index is 4.38. The van der Waals surface area contributed by atoms with Crippen molar-refractivity contribution in [1.29, 1.82) is 0 Å². The Morgan fingerprint density at radius 2 is 1.63 bits per heavy atom. The van der Waals surface area contributed by atoms with Gasteiger partial charge in [0.15, 0.2) is 0 Å². The molecular formula is C17H22N2. The minimum Gasteiger partial charge on any atom is -0.309 e. The third-order valence-electron chi connectivity index (χ3n) is 3.58. The van der Waals surface area contributed by atoms with Crippen molar-refractivity contribution in [1.82, 2.24) is 10.3 Å². The van der Waals surface area contributed by atoms with Crippen molar-refractivity contribution in [2.24, 2.45) is 0 Å². The molecular weight excluding hydrogens is 232 g/mol. The minimum atomic E-state index is 0.204. The molecule has 2 rings (SSSR count). The number of nitrogens with zero attached hydrogens (tertiary/aromatic N) is 1. The van der Waals surface area contributed by atoms with E-state index in [0.29, 0.717) is 5.92 Å². The molecule has 1 heterocycles. The van der Waals surface area contributed by atoms with Crippen molar-refractivity contribution in [2.45, 2.75) is 32.7 Å². The summed E-state index contributed by atoms with van der Waals surface area (Å²) in [6, 6.07) is 13.2. The van der Waals surface area contributed by atoms with Gasteiger partial charge < -0.3 is 5.32 Å². The van der Waals surface area contributed by atoms with Crippen molar-refractivity contribution >= 4 is 0 Å². The van der Waals surface area contributed by atoms with Crippen LogP contribution >= 0.6 is 0 Å². The van der Waals surface area contributed by atoms with Crippen LogP contribution in [-0.4, -0.2) is 12.0 Å². The van der Waals surface area contributed by atoms with Gasteiger partial charge in [-0.25, -0.2) is 0 Å². The zero-order valence-electron chi connectivity index (χ0n) is 12.1. The summed E-state index contributed by atoms with van der Waals surface area (Å²) < 4.78 is 0. The fourth-order valence-electron chi connectivity index (χ4n) is 2.38. The highest BCUT2D eigenvalue weighted by molar-refractivity contribution is 5.35. The quantitative estimate of drug-likeness (QED) is 0.897. The van der Waals surface area contributed by atoms with Gasteiger partial charge in [0.1, 0.15) is 0 Å². The van der Waals surface area contributed by atoms with Crippen molar-refractivity contribution < 1.29 is 0 Å². The molecule has 0 radical (unpaired) electrons. The van der Waals surface area contributed by atoms with Crippen molar-refractivity contribution in [3.05, 3.63) is 65.0 Å². The van der Waals surface area contributed by atoms with E-state index in [1.54, 1.807) is 0 Å². The van der Waals surface area contributed by atoms with Crippen LogP contribution in [0.1, 0.15) is 48.2 Å². The molecule has 1 unspecified atom stereocenters. The molecule has 0 aliphatic heterocycles. The first kappa shape index (κ1) is 13.8. The molecule has 2 heteroatoms. The highest BCUT2D eigenvalue weighted by Crippen LogP contribution is 2.25. The van der Waals surface area contributed by atoms with Crippen LogP contribution in [0.4, 0.5) is 0 Å². The summed E-state index contributed by atoms with van der Waals surface area (Å²) in [5.74, 6) is 0.571. The van der Waals surface area contributed by atoms with Gasteiger partial charge in [0.2, 0.25) is 0 Å². The highest BCUT2D eigenvalue weighted by atomic mass is 14.9. The van der Waals surface area contributed by atoms with Crippen molar-refractivity contribution in [2.75, 3.05) is 7.05 Å². The van der Waals surface area contributed by atoms with E-state index in [2.05, 4.69) is 61.4 Å². The van der Waals surface area contributed by atoms with E-state index in [1.165, 1.54) is 16.7 Å². The highest BCUT2D eigenvalue weighted by Gasteiger charge is 2.14. The van der Waals surface area contributed by atoms with Crippen LogP contribution in [0.2, 0.25) is 0 Å². The van der Waals surface area contributed by atoms with Crippen LogP contribution in [0.3, 0.4) is 0 Å². The Balaban J connectivity index is 2.35. The molecule has 1 aromatic carbocycles. The molecule has 1 atom stereocenters. The van der Waals surface area contributed by atoms with Crippen molar-refractivity contribution in [3.8, 4) is 0 Å². The summed E-state index contributed by atoms with van der Waals surface area (Å²) in [5.41, 5.74) is 4.97. The topological polar surface area (TPSA) is 24.9 Å². The lowest BCUT2D eigenvalue weighted by atomic mass is 9.95. The number of nitrogens with one attached hydrogen (secondary N) is 1. The Kier molecular flexibility index (Phi) is 4.33. The monoisotopic (exact) mass is 254 g/mol. The average molecular weight is 254 g/mol. The minimum absolute atomic E-state index is 0.204. The van der Waals surface area contributed by atoms with Crippen LogP contribution in [0.5, 0.6) is 0 Å². The van der Waals surface area contributed by atoms with Crippen LogP contribution < -0.4 is 5.32 Å². The molecule has 0 spiro atoms. The Morgan fingerprint density at radius 3 is 2.16 bits per heavy atom. The second-order valence-electron chi connectivity index (χ2n) is 5.22. The Bertz CT molecular complexity index is 529. The molecule has 0 bridgehead atoms. The zero-order valence-corrected chi connectivity index (χ0v) is 12.1. The molecule has 19 heavy (non-hydrogen) atoms. The Labute approximate surface area is 115 Å². The first-order valence-electron chi connectivity index (χ1n) is 6.82. The SMILES string of the molecule is CNC(c1ccc(C(C)C)cc1)c1cccnc1C. The van der Waals surface area contributed by atoms with Gasteiger partial charge in [0.05, 0.1) is 6.04 Å². The second kappa shape index (κ2) is 5.98. The predicted octanol–water partition coefficient (Wildman–Crippen LogP) is 3.82. The average Bonchev–Trinajstić information content (AvgIpc) is 2.42. The van der Waals surface area contributed by atoms with Gasteiger partial charge >= 0.3 is 0 Å². The Hall–Kier alpha value is -1.67. The molecule has 0 fully saturated rings. The first-order chi connectivity index (χ1) is 9.13. The lowest BCUT2D eigenvalue weighted by Gasteiger charge is -2.19. The molecule has 100 valence electrons. The van der Waals surface area contributed by atoms with Gasteiger partial charge in [0.25, 0.3) is 0 Å². The van der Waals surface area contributed by atoms with E-state index in [0.717, 1.165) is 5.69 Å². The van der Waals surface area contributed by atoms with Crippen LogP contribution in [-0.2, 0) is 0 Å². The molecule has 1 aromatic heterocycles. The molecule has 0 saturated carbocycles. The summed E-state index contributed by atoms with van der Waals surface area (Å²) in [4.78, 5) is 4.38. The first-order valence-corrected chi connectivity index (χ1v) is 6.82. The summed E-state index contributed by atoms with van der Waals surface area (Å²) in [5, 5.41) is 3.38. The smallest absolute Gasteiger partial charge is 0.0592 e. The fraction of sp³-hybridized carbons (Fsp3) is 0.353. The lowest BCUT2D eigenvalue weighted by Crippen LogP contribution is -2.19. The van der Waals surface area contributed by atoms with Crippen LogP contribution in [0, 0.1) is 6.92 Å². The number of hydrogen-bond acceptors (Lipinski definition) is 2. The number of aryl methyl sites for hydroxylation is 1. The molecule has 0 saturated heterocycles. The molecule has 0 aliphatic carbocycles. The van der Waals surface area contributed by atoms with Gasteiger partial charge in [0, 0.05) is 11.9 Å². The number of rotatable bonds is 4. The van der Waals surface area contributed by atoms with Crippen LogP contribution in [0.15, 0.2) is 42.6 Å². The molecule has 2 nitrogen and oxygen atoms in total. The number of hydrogen-bond donors (Lipinski definition) is 1. The second-order valence-corrected chi connectivity index (χ2v) is 5.22. The summed E-state index contributed by atoms with van der Waals surface area (Å²) >= 11 is 0. The van der Waals surface area contributed by atoms with E-state index in [4.69, 9.17) is 0 Å². The number of aromatic nitrogens is 1. The van der Waals surface area contributed by atoms with Crippen LogP contribution in [0.25, 0.3) is 0 Å². The van der Waals surface area contributed by atoms with Gasteiger partial charge in [-0.05, 0) is 42.6 Å². The summed E-state index contributed by atoms with van der Waals surface area (Å²) in [6.07, 6.45) is 1.84. The van der Waals surface area contributed by atoms with Gasteiger partial charge in [-0.2, -0.15) is 0 Å². The van der Waals surface area contributed by atoms with E-state index in [9.17, 15) is 0 Å². The van der Waals surface area contributed by atoms with E-state index in [1.807, 2.05) is 19.3 Å². The third kappa shape index (κ3) is 3.02. The molecule has 2 aromatic rings. The third-order valence-corrected chi connectivity index (χ3v) is 3.58. The largest absolute Gasteiger partial charge is 0.309 e. The van der Waals surface area contributed by atoms with Crippen molar-refractivity contribution in [3.63, 3.8) is 0 Å². The maximum Gasteiger partial charge on any atom is 0.0592 e. The van der Waals surface area contributed by atoms with Gasteiger partial charge in [-0.3, -0.25) is 4.98 Å². The lowest BCUT2D eigenvalue weighted by molar-refractivity contribution is 0.682. The number of benzene rings is 1. The maximum absolute atomic E-state index is 4.38. The zero-order chi connectivity index (χ0) is 13.8. The van der Waals surface area contributed by atoms with E-state index >= 15 is 0 Å². The summed E-state index contributed by atoms with van der Waals surface area (Å²) in [7, 11) is 1.99. The van der Waals surface area contributed by atoms with E-state index < -0.39 is 0 Å². The fourth-order valence-corrected chi connectivity index (χ4v) is 2.38. The molecule has 0 amide bonds. The standard InChI is InChI=1S/C17H22N2/c1-12(2)14-7-9-15(10-8-14)17(18-4)16-6-5-11-19-13(16)3/h5-12,17-18H,1-4H3. The number of pyridine rings is 1. The summed E-state index contributed by atoms with van der Waals surface area (Å²) in [6.45, 7) is 6.49. The van der Waals surface area contributed by atoms with Gasteiger partial charge in [-0.1, -0.05) is 44.2 Å². The Morgan fingerprint density at radius 1 is 1.00 bits per heavy atom.